The molecule has 98 valence electrons. The first-order valence-electron chi connectivity index (χ1n) is 6.55. The first kappa shape index (κ1) is 13.1. The topological polar surface area (TPSA) is 25.2 Å². The Morgan fingerprint density at radius 1 is 1.33 bits per heavy atom. The van der Waals surface area contributed by atoms with Gasteiger partial charge in [0.25, 0.3) is 0 Å². The summed E-state index contributed by atoms with van der Waals surface area (Å²) >= 11 is 0. The van der Waals surface area contributed by atoms with Gasteiger partial charge >= 0.3 is 0 Å². The van der Waals surface area contributed by atoms with E-state index < -0.39 is 0 Å². The molecule has 0 spiro atoms. The second kappa shape index (κ2) is 5.53. The Morgan fingerprint density at radius 3 is 2.78 bits per heavy atom. The van der Waals surface area contributed by atoms with Crippen molar-refractivity contribution in [2.75, 3.05) is 0 Å². The lowest BCUT2D eigenvalue weighted by molar-refractivity contribution is 0.471. The number of hydrogen-bond donors (Lipinski definition) is 1. The van der Waals surface area contributed by atoms with Crippen LogP contribution in [0.15, 0.2) is 22.6 Å². The lowest BCUT2D eigenvalue weighted by Gasteiger charge is -2.07. The van der Waals surface area contributed by atoms with E-state index in [2.05, 4.69) is 26.1 Å². The van der Waals surface area contributed by atoms with Gasteiger partial charge in [0.15, 0.2) is 11.4 Å². The molecule has 0 atom stereocenters. The third-order valence-corrected chi connectivity index (χ3v) is 3.02. The Morgan fingerprint density at radius 2 is 2.11 bits per heavy atom. The van der Waals surface area contributed by atoms with E-state index in [1.807, 2.05) is 6.07 Å². The molecule has 0 bridgehead atoms. The van der Waals surface area contributed by atoms with Gasteiger partial charge in [-0.2, -0.15) is 0 Å². The maximum absolute atomic E-state index is 13.7. The van der Waals surface area contributed by atoms with Gasteiger partial charge in [-0.15, -0.1) is 0 Å². The van der Waals surface area contributed by atoms with Crippen molar-refractivity contribution in [1.82, 2.24) is 5.32 Å². The zero-order valence-corrected chi connectivity index (χ0v) is 11.2. The summed E-state index contributed by atoms with van der Waals surface area (Å²) in [4.78, 5) is 0. The van der Waals surface area contributed by atoms with E-state index >= 15 is 0 Å². The fourth-order valence-electron chi connectivity index (χ4n) is 2.15. The summed E-state index contributed by atoms with van der Waals surface area (Å²) in [6.45, 7) is 6.95. The van der Waals surface area contributed by atoms with Crippen molar-refractivity contribution in [3.63, 3.8) is 0 Å². The van der Waals surface area contributed by atoms with Crippen molar-refractivity contribution in [3.05, 3.63) is 35.3 Å². The molecule has 1 aromatic heterocycles. The second-order valence-corrected chi connectivity index (χ2v) is 4.91. The van der Waals surface area contributed by atoms with Crippen LogP contribution >= 0.6 is 0 Å². The first-order valence-corrected chi connectivity index (χ1v) is 6.55. The van der Waals surface area contributed by atoms with Crippen LogP contribution in [0.3, 0.4) is 0 Å². The van der Waals surface area contributed by atoms with Gasteiger partial charge in [0.2, 0.25) is 0 Å². The van der Waals surface area contributed by atoms with E-state index in [1.54, 1.807) is 6.07 Å². The van der Waals surface area contributed by atoms with Crippen LogP contribution in [0.5, 0.6) is 0 Å². The highest BCUT2D eigenvalue weighted by atomic mass is 19.1. The fraction of sp³-hybridized carbons (Fsp3) is 0.467. The van der Waals surface area contributed by atoms with Crippen molar-refractivity contribution >= 4 is 11.0 Å². The summed E-state index contributed by atoms with van der Waals surface area (Å²) in [7, 11) is 0. The molecule has 3 heteroatoms. The van der Waals surface area contributed by atoms with Crippen LogP contribution in [-0.4, -0.2) is 6.04 Å². The van der Waals surface area contributed by atoms with Gasteiger partial charge in [-0.05, 0) is 12.5 Å². The molecule has 18 heavy (non-hydrogen) atoms. The number of hydrogen-bond acceptors (Lipinski definition) is 2. The summed E-state index contributed by atoms with van der Waals surface area (Å²) < 4.78 is 19.4. The second-order valence-electron chi connectivity index (χ2n) is 4.91. The van der Waals surface area contributed by atoms with Crippen molar-refractivity contribution in [3.8, 4) is 0 Å². The third kappa shape index (κ3) is 2.56. The number of halogens is 1. The quantitative estimate of drug-likeness (QED) is 0.865. The summed E-state index contributed by atoms with van der Waals surface area (Å²) in [6, 6.07) is 5.51. The van der Waals surface area contributed by atoms with E-state index in [9.17, 15) is 4.39 Å². The maximum atomic E-state index is 13.7. The predicted octanol–water partition coefficient (Wildman–Crippen LogP) is 4.02. The van der Waals surface area contributed by atoms with Crippen LogP contribution in [0, 0.1) is 5.82 Å². The lowest BCUT2D eigenvalue weighted by Crippen LogP contribution is -2.22. The Balaban J connectivity index is 2.43. The highest BCUT2D eigenvalue weighted by Gasteiger charge is 2.15. The predicted molar refractivity (Wildman–Crippen MR) is 72.1 cm³/mol. The Bertz CT molecular complexity index is 531. The normalized spacial score (nSPS) is 11.6. The van der Waals surface area contributed by atoms with E-state index in [1.165, 1.54) is 6.07 Å². The number of para-hydroxylation sites is 1. The molecule has 0 aliphatic rings. The average molecular weight is 249 g/mol. The van der Waals surface area contributed by atoms with Crippen molar-refractivity contribution in [2.45, 2.75) is 46.2 Å². The van der Waals surface area contributed by atoms with Gasteiger partial charge in [0.05, 0.1) is 6.54 Å². The van der Waals surface area contributed by atoms with Crippen molar-refractivity contribution in [1.29, 1.82) is 0 Å². The van der Waals surface area contributed by atoms with Crippen LogP contribution in [0.2, 0.25) is 0 Å². The number of benzene rings is 1. The molecule has 1 aromatic carbocycles. The zero-order valence-electron chi connectivity index (χ0n) is 11.2. The molecule has 0 fully saturated rings. The summed E-state index contributed by atoms with van der Waals surface area (Å²) in [5.41, 5.74) is 1.53. The molecule has 0 radical (unpaired) electrons. The molecule has 0 aliphatic carbocycles. The molecule has 2 nitrogen and oxygen atoms in total. The molecule has 0 saturated heterocycles. The molecule has 2 rings (SSSR count). The van der Waals surface area contributed by atoms with Gasteiger partial charge < -0.3 is 9.73 Å². The third-order valence-electron chi connectivity index (χ3n) is 3.02. The SMILES string of the molecule is CCCc1c(CNC(C)C)oc2c(F)cccc12. The highest BCUT2D eigenvalue weighted by Crippen LogP contribution is 2.29. The lowest BCUT2D eigenvalue weighted by atomic mass is 10.1. The molecule has 0 unspecified atom stereocenters. The Labute approximate surface area is 107 Å². The van der Waals surface area contributed by atoms with Gasteiger partial charge in [-0.25, -0.2) is 4.39 Å². The Kier molecular flexibility index (Phi) is 4.02. The van der Waals surface area contributed by atoms with Crippen LogP contribution in [0.1, 0.15) is 38.5 Å². The molecule has 0 amide bonds. The monoisotopic (exact) mass is 249 g/mol. The van der Waals surface area contributed by atoms with Crippen LogP contribution < -0.4 is 5.32 Å². The van der Waals surface area contributed by atoms with Gasteiger partial charge in [-0.1, -0.05) is 39.3 Å². The molecule has 0 saturated carbocycles. The summed E-state index contributed by atoms with van der Waals surface area (Å²) in [6.07, 6.45) is 1.95. The average Bonchev–Trinajstić information content (AvgIpc) is 2.67. The molecule has 1 heterocycles. The van der Waals surface area contributed by atoms with Crippen LogP contribution in [0.4, 0.5) is 4.39 Å². The standard InChI is InChI=1S/C15H20FNO/c1-4-6-11-12-7-5-8-13(16)15(12)18-14(11)9-17-10(2)3/h5,7-8,10,17H,4,6,9H2,1-3H3. The van der Waals surface area contributed by atoms with Crippen molar-refractivity contribution < 1.29 is 8.81 Å². The number of furan rings is 1. The highest BCUT2D eigenvalue weighted by molar-refractivity contribution is 5.82. The van der Waals surface area contributed by atoms with Crippen LogP contribution in [0.25, 0.3) is 11.0 Å². The van der Waals surface area contributed by atoms with Gasteiger partial charge in [0, 0.05) is 17.0 Å². The zero-order chi connectivity index (χ0) is 13.1. The number of rotatable bonds is 5. The van der Waals surface area contributed by atoms with Crippen LogP contribution in [-0.2, 0) is 13.0 Å². The summed E-state index contributed by atoms with van der Waals surface area (Å²) in [5, 5.41) is 4.24. The molecular formula is C15H20FNO. The van der Waals surface area contributed by atoms with E-state index in [0.29, 0.717) is 18.2 Å². The van der Waals surface area contributed by atoms with E-state index in [4.69, 9.17) is 4.42 Å². The minimum Gasteiger partial charge on any atom is -0.456 e. The van der Waals surface area contributed by atoms with Gasteiger partial charge in [-0.3, -0.25) is 0 Å². The fourth-order valence-corrected chi connectivity index (χ4v) is 2.15. The number of nitrogens with one attached hydrogen (secondary N) is 1. The minimum atomic E-state index is -0.277. The Hall–Kier alpha value is -1.35. The minimum absolute atomic E-state index is 0.277. The number of fused-ring (bicyclic) bond motifs is 1. The van der Waals surface area contributed by atoms with E-state index in [0.717, 1.165) is 29.6 Å². The number of aryl methyl sites for hydroxylation is 1. The maximum Gasteiger partial charge on any atom is 0.170 e. The first-order chi connectivity index (χ1) is 8.63. The van der Waals surface area contributed by atoms with Gasteiger partial charge in [0.1, 0.15) is 5.76 Å². The van der Waals surface area contributed by atoms with Crippen molar-refractivity contribution in [2.24, 2.45) is 0 Å². The van der Waals surface area contributed by atoms with E-state index in [-0.39, 0.29) is 5.82 Å². The molecular weight excluding hydrogens is 229 g/mol. The largest absolute Gasteiger partial charge is 0.456 e. The molecule has 2 aromatic rings. The molecule has 1 N–H and O–H groups in total. The smallest absolute Gasteiger partial charge is 0.170 e. The summed E-state index contributed by atoms with van der Waals surface area (Å²) in [5.74, 6) is 0.589. The molecule has 0 aliphatic heterocycles.